The number of thioether (sulfide) groups is 1. The van der Waals surface area contributed by atoms with Crippen molar-refractivity contribution in [3.8, 4) is 0 Å². The fourth-order valence-electron chi connectivity index (χ4n) is 2.99. The van der Waals surface area contributed by atoms with Crippen LogP contribution >= 0.6 is 11.8 Å². The van der Waals surface area contributed by atoms with E-state index in [0.717, 1.165) is 12.8 Å². The number of hydrogen-bond donors (Lipinski definition) is 1. The lowest BCUT2D eigenvalue weighted by atomic mass is 10.2. The Morgan fingerprint density at radius 3 is 2.75 bits per heavy atom. The van der Waals surface area contributed by atoms with Crippen LogP contribution in [0.5, 0.6) is 0 Å². The second-order valence-electron chi connectivity index (χ2n) is 7.03. The highest BCUT2D eigenvalue weighted by atomic mass is 32.2. The number of benzene rings is 2. The van der Waals surface area contributed by atoms with E-state index in [-0.39, 0.29) is 23.3 Å². The molecule has 7 heteroatoms. The Labute approximate surface area is 166 Å². The minimum atomic E-state index is -0.498. The summed E-state index contributed by atoms with van der Waals surface area (Å²) in [5.74, 6) is -0.630. The van der Waals surface area contributed by atoms with Crippen molar-refractivity contribution in [1.82, 2.24) is 9.55 Å². The van der Waals surface area contributed by atoms with E-state index in [9.17, 15) is 14.0 Å². The van der Waals surface area contributed by atoms with Crippen molar-refractivity contribution in [2.75, 3.05) is 5.32 Å². The molecule has 4 rings (SSSR count). The predicted molar refractivity (Wildman–Crippen MR) is 109 cm³/mol. The Kier molecular flexibility index (Phi) is 4.93. The highest BCUT2D eigenvalue weighted by Gasteiger charge is 2.30. The molecule has 0 bridgehead atoms. The molecule has 28 heavy (non-hydrogen) atoms. The molecule has 1 amide bonds. The number of aromatic nitrogens is 2. The summed E-state index contributed by atoms with van der Waals surface area (Å²) in [6.45, 7) is 3.42. The van der Waals surface area contributed by atoms with E-state index in [4.69, 9.17) is 0 Å². The summed E-state index contributed by atoms with van der Waals surface area (Å²) in [6, 6.07) is 12.0. The SMILES string of the molecule is Cc1ccc(NC(=O)[C@@H](C)Sc2nc3ccccc3c(=O)n2C2CC2)cc1F. The van der Waals surface area contributed by atoms with Crippen molar-refractivity contribution >= 4 is 34.3 Å². The number of nitrogens with one attached hydrogen (secondary N) is 1. The molecule has 1 aliphatic rings. The molecule has 1 N–H and O–H groups in total. The van der Waals surface area contributed by atoms with Gasteiger partial charge >= 0.3 is 0 Å². The third kappa shape index (κ3) is 3.67. The van der Waals surface area contributed by atoms with Gasteiger partial charge in [-0.2, -0.15) is 0 Å². The Hall–Kier alpha value is -2.67. The average Bonchev–Trinajstić information content (AvgIpc) is 3.50. The fourth-order valence-corrected chi connectivity index (χ4v) is 3.97. The number of carbonyl (C=O) groups excluding carboxylic acids is 1. The molecule has 0 aliphatic heterocycles. The minimum Gasteiger partial charge on any atom is -0.325 e. The van der Waals surface area contributed by atoms with Crippen LogP contribution in [-0.2, 0) is 4.79 Å². The zero-order valence-electron chi connectivity index (χ0n) is 15.6. The molecule has 0 saturated heterocycles. The van der Waals surface area contributed by atoms with Gasteiger partial charge < -0.3 is 5.32 Å². The van der Waals surface area contributed by atoms with Crippen molar-refractivity contribution in [2.24, 2.45) is 0 Å². The van der Waals surface area contributed by atoms with E-state index in [1.165, 1.54) is 17.8 Å². The number of fused-ring (bicyclic) bond motifs is 1. The van der Waals surface area contributed by atoms with Crippen LogP contribution in [0.3, 0.4) is 0 Å². The van der Waals surface area contributed by atoms with Crippen LogP contribution in [-0.4, -0.2) is 20.7 Å². The van der Waals surface area contributed by atoms with Gasteiger partial charge in [-0.3, -0.25) is 14.2 Å². The quantitative estimate of drug-likeness (QED) is 0.515. The number of halogens is 1. The molecule has 2 aromatic carbocycles. The number of nitrogens with zero attached hydrogens (tertiary/aromatic N) is 2. The molecule has 3 aromatic rings. The van der Waals surface area contributed by atoms with Crippen LogP contribution in [0.1, 0.15) is 31.4 Å². The number of carbonyl (C=O) groups is 1. The lowest BCUT2D eigenvalue weighted by Gasteiger charge is -2.16. The second kappa shape index (κ2) is 7.39. The summed E-state index contributed by atoms with van der Waals surface area (Å²) in [5, 5.41) is 3.37. The van der Waals surface area contributed by atoms with Crippen LogP contribution < -0.4 is 10.9 Å². The highest BCUT2D eigenvalue weighted by molar-refractivity contribution is 8.00. The molecule has 0 unspecified atom stereocenters. The van der Waals surface area contributed by atoms with Crippen LogP contribution in [0.4, 0.5) is 10.1 Å². The van der Waals surface area contributed by atoms with Crippen LogP contribution in [0.15, 0.2) is 52.4 Å². The van der Waals surface area contributed by atoms with Crippen molar-refractivity contribution in [3.05, 3.63) is 64.2 Å². The zero-order chi connectivity index (χ0) is 19.8. The molecule has 1 fully saturated rings. The largest absolute Gasteiger partial charge is 0.325 e. The summed E-state index contributed by atoms with van der Waals surface area (Å²) in [6.07, 6.45) is 1.88. The number of amides is 1. The van der Waals surface area contributed by atoms with Gasteiger partial charge in [0.15, 0.2) is 5.16 Å². The third-order valence-corrected chi connectivity index (χ3v) is 5.84. The summed E-state index contributed by atoms with van der Waals surface area (Å²) >= 11 is 1.25. The molecule has 0 spiro atoms. The molecule has 1 atom stereocenters. The first kappa shape index (κ1) is 18.7. The fraction of sp³-hybridized carbons (Fsp3) is 0.286. The van der Waals surface area contributed by atoms with Crippen LogP contribution in [0, 0.1) is 12.7 Å². The van der Waals surface area contributed by atoms with Crippen molar-refractivity contribution in [1.29, 1.82) is 0 Å². The first-order chi connectivity index (χ1) is 13.4. The Morgan fingerprint density at radius 1 is 1.29 bits per heavy atom. The number of anilines is 1. The molecule has 1 saturated carbocycles. The predicted octanol–water partition coefficient (Wildman–Crippen LogP) is 4.30. The van der Waals surface area contributed by atoms with Gasteiger partial charge in [0, 0.05) is 11.7 Å². The van der Waals surface area contributed by atoms with E-state index < -0.39 is 5.25 Å². The van der Waals surface area contributed by atoms with E-state index in [1.54, 1.807) is 42.7 Å². The van der Waals surface area contributed by atoms with Crippen molar-refractivity contribution in [3.63, 3.8) is 0 Å². The number of aryl methyl sites for hydroxylation is 1. The second-order valence-corrected chi connectivity index (χ2v) is 8.34. The number of hydrogen-bond acceptors (Lipinski definition) is 4. The maximum atomic E-state index is 13.7. The van der Waals surface area contributed by atoms with E-state index in [1.807, 2.05) is 12.1 Å². The van der Waals surface area contributed by atoms with Gasteiger partial charge in [0.2, 0.25) is 5.91 Å². The maximum Gasteiger partial charge on any atom is 0.262 e. The van der Waals surface area contributed by atoms with Gasteiger partial charge in [-0.15, -0.1) is 0 Å². The van der Waals surface area contributed by atoms with Gasteiger partial charge in [-0.1, -0.05) is 30.0 Å². The standard InChI is InChI=1S/C21H20FN3O2S/c1-12-7-8-14(11-17(12)22)23-19(26)13(2)28-21-24-18-6-4-3-5-16(18)20(27)25(21)15-9-10-15/h3-8,11,13,15H,9-10H2,1-2H3,(H,23,26)/t13-/m1/s1. The number of para-hydroxylation sites is 1. The van der Waals surface area contributed by atoms with Crippen molar-refractivity contribution in [2.45, 2.75) is 43.1 Å². The lowest BCUT2D eigenvalue weighted by Crippen LogP contribution is -2.26. The Bertz CT molecular complexity index is 1120. The van der Waals surface area contributed by atoms with Gasteiger partial charge in [-0.05, 0) is 56.5 Å². The zero-order valence-corrected chi connectivity index (χ0v) is 16.4. The van der Waals surface area contributed by atoms with E-state index >= 15 is 0 Å². The molecule has 1 aliphatic carbocycles. The molecule has 1 heterocycles. The molecule has 0 radical (unpaired) electrons. The minimum absolute atomic E-state index is 0.0659. The summed E-state index contributed by atoms with van der Waals surface area (Å²) < 4.78 is 15.4. The first-order valence-electron chi connectivity index (χ1n) is 9.19. The van der Waals surface area contributed by atoms with E-state index in [2.05, 4.69) is 10.3 Å². The summed E-state index contributed by atoms with van der Waals surface area (Å²) in [5.41, 5.74) is 1.49. The third-order valence-electron chi connectivity index (χ3n) is 4.78. The molecule has 1 aromatic heterocycles. The van der Waals surface area contributed by atoms with Gasteiger partial charge in [0.05, 0.1) is 16.2 Å². The maximum absolute atomic E-state index is 13.7. The van der Waals surface area contributed by atoms with E-state index in [0.29, 0.717) is 27.3 Å². The van der Waals surface area contributed by atoms with Crippen molar-refractivity contribution < 1.29 is 9.18 Å². The Balaban J connectivity index is 1.60. The molecule has 144 valence electrons. The monoisotopic (exact) mass is 397 g/mol. The molecular formula is C21H20FN3O2S. The first-order valence-corrected chi connectivity index (χ1v) is 10.1. The Morgan fingerprint density at radius 2 is 2.04 bits per heavy atom. The van der Waals surface area contributed by atoms with Crippen LogP contribution in [0.2, 0.25) is 0 Å². The summed E-state index contributed by atoms with van der Waals surface area (Å²) in [7, 11) is 0. The molecular weight excluding hydrogens is 377 g/mol. The normalized spacial score (nSPS) is 14.8. The average molecular weight is 397 g/mol. The lowest BCUT2D eigenvalue weighted by molar-refractivity contribution is -0.115. The van der Waals surface area contributed by atoms with Gasteiger partial charge in [0.25, 0.3) is 5.56 Å². The van der Waals surface area contributed by atoms with Gasteiger partial charge in [0.1, 0.15) is 5.82 Å². The highest BCUT2D eigenvalue weighted by Crippen LogP contribution is 2.37. The summed E-state index contributed by atoms with van der Waals surface area (Å²) in [4.78, 5) is 30.1. The number of rotatable bonds is 5. The topological polar surface area (TPSA) is 64.0 Å². The molecule has 5 nitrogen and oxygen atoms in total. The van der Waals surface area contributed by atoms with Crippen LogP contribution in [0.25, 0.3) is 10.9 Å². The van der Waals surface area contributed by atoms with Gasteiger partial charge in [-0.25, -0.2) is 9.37 Å². The smallest absolute Gasteiger partial charge is 0.262 e.